The molecule has 20 heavy (non-hydrogen) atoms. The van der Waals surface area contributed by atoms with Crippen LogP contribution >= 0.6 is 0 Å². The normalized spacial score (nSPS) is 12.7. The van der Waals surface area contributed by atoms with E-state index in [4.69, 9.17) is 0 Å². The lowest BCUT2D eigenvalue weighted by atomic mass is 10.0. The smallest absolute Gasteiger partial charge is 0.126 e. The highest BCUT2D eigenvalue weighted by atomic mass is 19.1. The SMILES string of the molecule is C/C=C(/C=C\C=NCCCC)Cc1ccc(F)c(C)c1. The minimum Gasteiger partial charge on any atom is -0.293 e. The fourth-order valence-electron chi connectivity index (χ4n) is 1.86. The summed E-state index contributed by atoms with van der Waals surface area (Å²) in [7, 11) is 0. The van der Waals surface area contributed by atoms with Gasteiger partial charge < -0.3 is 0 Å². The summed E-state index contributed by atoms with van der Waals surface area (Å²) >= 11 is 0. The number of rotatable bonds is 7. The summed E-state index contributed by atoms with van der Waals surface area (Å²) in [6, 6.07) is 5.28. The first-order chi connectivity index (χ1) is 9.67. The Labute approximate surface area is 121 Å². The molecule has 0 saturated carbocycles. The van der Waals surface area contributed by atoms with Crippen LogP contribution in [0.25, 0.3) is 0 Å². The lowest BCUT2D eigenvalue weighted by molar-refractivity contribution is 0.618. The number of benzene rings is 1. The molecule has 108 valence electrons. The van der Waals surface area contributed by atoms with E-state index < -0.39 is 0 Å². The molecule has 0 fully saturated rings. The Morgan fingerprint density at radius 3 is 2.80 bits per heavy atom. The van der Waals surface area contributed by atoms with Crippen LogP contribution in [0.2, 0.25) is 0 Å². The highest BCUT2D eigenvalue weighted by molar-refractivity contribution is 5.71. The van der Waals surface area contributed by atoms with E-state index in [0.29, 0.717) is 5.56 Å². The quantitative estimate of drug-likeness (QED) is 0.374. The van der Waals surface area contributed by atoms with Gasteiger partial charge in [0.25, 0.3) is 0 Å². The van der Waals surface area contributed by atoms with Gasteiger partial charge in [-0.15, -0.1) is 0 Å². The first kappa shape index (κ1) is 16.4. The summed E-state index contributed by atoms with van der Waals surface area (Å²) < 4.78 is 13.2. The average molecular weight is 273 g/mol. The van der Waals surface area contributed by atoms with Gasteiger partial charge in [0.15, 0.2) is 0 Å². The molecule has 0 bridgehead atoms. The van der Waals surface area contributed by atoms with Crippen molar-refractivity contribution in [1.82, 2.24) is 0 Å². The molecule has 0 aliphatic carbocycles. The fourth-order valence-corrected chi connectivity index (χ4v) is 1.86. The zero-order valence-electron chi connectivity index (χ0n) is 12.7. The molecule has 2 heteroatoms. The van der Waals surface area contributed by atoms with Gasteiger partial charge in [-0.3, -0.25) is 4.99 Å². The number of aliphatic imine (C=N–C) groups is 1. The van der Waals surface area contributed by atoms with Crippen LogP contribution in [-0.4, -0.2) is 12.8 Å². The minimum absolute atomic E-state index is 0.144. The molecule has 1 aromatic carbocycles. The maximum atomic E-state index is 13.2. The predicted octanol–water partition coefficient (Wildman–Crippen LogP) is 5.05. The molecule has 0 atom stereocenters. The lowest BCUT2D eigenvalue weighted by Crippen LogP contribution is -1.91. The Kier molecular flexibility index (Phi) is 7.56. The van der Waals surface area contributed by atoms with E-state index in [0.717, 1.165) is 24.9 Å². The van der Waals surface area contributed by atoms with Gasteiger partial charge in [0.1, 0.15) is 5.82 Å². The van der Waals surface area contributed by atoms with E-state index in [1.807, 2.05) is 31.3 Å². The molecule has 0 heterocycles. The van der Waals surface area contributed by atoms with E-state index >= 15 is 0 Å². The number of unbranched alkanes of at least 4 members (excludes halogenated alkanes) is 1. The van der Waals surface area contributed by atoms with E-state index in [1.54, 1.807) is 6.92 Å². The highest BCUT2D eigenvalue weighted by Crippen LogP contribution is 2.13. The van der Waals surface area contributed by atoms with Gasteiger partial charge in [-0.05, 0) is 55.5 Å². The van der Waals surface area contributed by atoms with Crippen molar-refractivity contribution in [3.8, 4) is 0 Å². The fraction of sp³-hybridized carbons (Fsp3) is 0.389. The van der Waals surface area contributed by atoms with Crippen LogP contribution in [-0.2, 0) is 6.42 Å². The number of aryl methyl sites for hydroxylation is 1. The summed E-state index contributed by atoms with van der Waals surface area (Å²) in [6.07, 6.45) is 11.1. The first-order valence-electron chi connectivity index (χ1n) is 7.24. The topological polar surface area (TPSA) is 12.4 Å². The summed E-state index contributed by atoms with van der Waals surface area (Å²) in [5.41, 5.74) is 3.03. The molecule has 0 aromatic heterocycles. The molecule has 1 rings (SSSR count). The maximum absolute atomic E-state index is 13.2. The monoisotopic (exact) mass is 273 g/mol. The molecule has 0 aliphatic heterocycles. The summed E-state index contributed by atoms with van der Waals surface area (Å²) in [5, 5.41) is 0. The summed E-state index contributed by atoms with van der Waals surface area (Å²) in [6.45, 7) is 6.87. The Balaban J connectivity index is 2.57. The van der Waals surface area contributed by atoms with Gasteiger partial charge in [0.05, 0.1) is 0 Å². The van der Waals surface area contributed by atoms with Crippen molar-refractivity contribution in [1.29, 1.82) is 0 Å². The molecule has 0 N–H and O–H groups in total. The van der Waals surface area contributed by atoms with Crippen molar-refractivity contribution in [3.05, 3.63) is 58.9 Å². The Morgan fingerprint density at radius 2 is 2.15 bits per heavy atom. The van der Waals surface area contributed by atoms with Gasteiger partial charge in [-0.1, -0.05) is 37.6 Å². The third-order valence-electron chi connectivity index (χ3n) is 3.14. The van der Waals surface area contributed by atoms with Gasteiger partial charge in [0, 0.05) is 12.8 Å². The standard InChI is InChI=1S/C18H24FN/c1-4-6-11-20-12-7-8-16(5-2)14-17-9-10-18(19)15(3)13-17/h5,7-10,12-13H,4,6,11,14H2,1-3H3/b8-7-,16-5-,20-12?. The zero-order chi connectivity index (χ0) is 14.8. The Hall–Kier alpha value is -1.70. The number of hydrogen-bond donors (Lipinski definition) is 0. The average Bonchev–Trinajstić information content (AvgIpc) is 2.45. The molecular formula is C18H24FN. The van der Waals surface area contributed by atoms with E-state index in [9.17, 15) is 4.39 Å². The largest absolute Gasteiger partial charge is 0.293 e. The maximum Gasteiger partial charge on any atom is 0.126 e. The van der Waals surface area contributed by atoms with Gasteiger partial charge in [-0.25, -0.2) is 4.39 Å². The number of halogens is 1. The molecule has 1 aromatic rings. The van der Waals surface area contributed by atoms with Gasteiger partial charge >= 0.3 is 0 Å². The van der Waals surface area contributed by atoms with Crippen molar-refractivity contribution in [2.24, 2.45) is 4.99 Å². The van der Waals surface area contributed by atoms with Crippen molar-refractivity contribution >= 4 is 6.21 Å². The molecular weight excluding hydrogens is 249 g/mol. The van der Waals surface area contributed by atoms with Crippen LogP contribution in [0.3, 0.4) is 0 Å². The minimum atomic E-state index is -0.144. The van der Waals surface area contributed by atoms with E-state index in [1.165, 1.54) is 18.1 Å². The van der Waals surface area contributed by atoms with Crippen molar-refractivity contribution in [2.45, 2.75) is 40.0 Å². The van der Waals surface area contributed by atoms with Crippen LogP contribution in [0.15, 0.2) is 47.0 Å². The second-order valence-corrected chi connectivity index (χ2v) is 4.89. The van der Waals surface area contributed by atoms with Crippen LogP contribution in [0, 0.1) is 12.7 Å². The molecule has 0 spiro atoms. The second kappa shape index (κ2) is 9.24. The molecule has 0 unspecified atom stereocenters. The predicted molar refractivity (Wildman–Crippen MR) is 86.0 cm³/mol. The van der Waals surface area contributed by atoms with Gasteiger partial charge in [-0.2, -0.15) is 0 Å². The molecule has 1 nitrogen and oxygen atoms in total. The second-order valence-electron chi connectivity index (χ2n) is 4.89. The van der Waals surface area contributed by atoms with Crippen LogP contribution in [0.1, 0.15) is 37.8 Å². The van der Waals surface area contributed by atoms with E-state index in [-0.39, 0.29) is 5.82 Å². The molecule has 0 radical (unpaired) electrons. The third kappa shape index (κ3) is 5.96. The third-order valence-corrected chi connectivity index (χ3v) is 3.14. The number of nitrogens with zero attached hydrogens (tertiary/aromatic N) is 1. The molecule has 0 aliphatic rings. The van der Waals surface area contributed by atoms with Crippen LogP contribution in [0.5, 0.6) is 0 Å². The lowest BCUT2D eigenvalue weighted by Gasteiger charge is -2.04. The van der Waals surface area contributed by atoms with Gasteiger partial charge in [0.2, 0.25) is 0 Å². The Morgan fingerprint density at radius 1 is 1.35 bits per heavy atom. The van der Waals surface area contributed by atoms with E-state index in [2.05, 4.69) is 24.1 Å². The number of hydrogen-bond acceptors (Lipinski definition) is 1. The Bertz CT molecular complexity index is 498. The molecule has 0 saturated heterocycles. The van der Waals surface area contributed by atoms with Crippen molar-refractivity contribution < 1.29 is 4.39 Å². The number of allylic oxidation sites excluding steroid dienone is 4. The first-order valence-corrected chi connectivity index (χ1v) is 7.24. The summed E-state index contributed by atoms with van der Waals surface area (Å²) in [4.78, 5) is 4.31. The molecule has 0 amide bonds. The zero-order valence-corrected chi connectivity index (χ0v) is 12.7. The summed E-state index contributed by atoms with van der Waals surface area (Å²) in [5.74, 6) is -0.144. The van der Waals surface area contributed by atoms with Crippen molar-refractivity contribution in [3.63, 3.8) is 0 Å². The van der Waals surface area contributed by atoms with Crippen LogP contribution in [0.4, 0.5) is 4.39 Å². The van der Waals surface area contributed by atoms with Crippen molar-refractivity contribution in [2.75, 3.05) is 6.54 Å². The van der Waals surface area contributed by atoms with Crippen LogP contribution < -0.4 is 0 Å². The highest BCUT2D eigenvalue weighted by Gasteiger charge is 2.00.